The third-order valence-corrected chi connectivity index (χ3v) is 3.34. The largest absolute Gasteiger partial charge is 0.316 e. The minimum absolute atomic E-state index is 0.588. The molecule has 0 radical (unpaired) electrons. The Labute approximate surface area is 88.8 Å². The maximum Gasteiger partial charge on any atom is 0.00769 e. The van der Waals surface area contributed by atoms with Gasteiger partial charge in [0.25, 0.3) is 0 Å². The number of nitrogens with one attached hydrogen (secondary N) is 2. The molecular weight excluding hydrogens is 172 g/mol. The summed E-state index contributed by atoms with van der Waals surface area (Å²) in [6, 6.07) is 0. The SMILES string of the molecule is CCNCCNCC1(C)CCCCC1. The molecule has 84 valence electrons. The van der Waals surface area contributed by atoms with Gasteiger partial charge in [0.1, 0.15) is 0 Å². The van der Waals surface area contributed by atoms with Gasteiger partial charge in [0, 0.05) is 19.6 Å². The molecule has 0 unspecified atom stereocenters. The van der Waals surface area contributed by atoms with Crippen LogP contribution >= 0.6 is 0 Å². The number of rotatable bonds is 6. The lowest BCUT2D eigenvalue weighted by molar-refractivity contribution is 0.208. The maximum atomic E-state index is 3.57. The van der Waals surface area contributed by atoms with E-state index in [1.165, 1.54) is 38.6 Å². The summed E-state index contributed by atoms with van der Waals surface area (Å²) in [5.74, 6) is 0. The molecule has 1 rings (SSSR count). The summed E-state index contributed by atoms with van der Waals surface area (Å²) in [6.45, 7) is 9.10. The second kappa shape index (κ2) is 6.41. The Hall–Kier alpha value is -0.0800. The van der Waals surface area contributed by atoms with Gasteiger partial charge < -0.3 is 10.6 Å². The second-order valence-corrected chi connectivity index (χ2v) is 4.90. The van der Waals surface area contributed by atoms with Crippen molar-refractivity contribution in [3.63, 3.8) is 0 Å². The van der Waals surface area contributed by atoms with Gasteiger partial charge in [-0.2, -0.15) is 0 Å². The first-order valence-corrected chi connectivity index (χ1v) is 6.18. The lowest BCUT2D eigenvalue weighted by Gasteiger charge is -2.33. The summed E-state index contributed by atoms with van der Waals surface area (Å²) in [5, 5.41) is 6.90. The van der Waals surface area contributed by atoms with Crippen LogP contribution in [0.1, 0.15) is 46.0 Å². The normalized spacial score (nSPS) is 21.0. The molecule has 14 heavy (non-hydrogen) atoms. The predicted molar refractivity (Wildman–Crippen MR) is 62.6 cm³/mol. The van der Waals surface area contributed by atoms with Gasteiger partial charge >= 0.3 is 0 Å². The minimum Gasteiger partial charge on any atom is -0.316 e. The fourth-order valence-corrected chi connectivity index (χ4v) is 2.33. The number of hydrogen-bond acceptors (Lipinski definition) is 2. The molecule has 0 amide bonds. The molecule has 1 saturated carbocycles. The summed E-state index contributed by atoms with van der Waals surface area (Å²) in [4.78, 5) is 0. The zero-order valence-electron chi connectivity index (χ0n) is 9.86. The first kappa shape index (κ1) is 12.0. The monoisotopic (exact) mass is 198 g/mol. The van der Waals surface area contributed by atoms with Crippen LogP contribution in [0.4, 0.5) is 0 Å². The third-order valence-electron chi connectivity index (χ3n) is 3.34. The summed E-state index contributed by atoms with van der Waals surface area (Å²) in [5.41, 5.74) is 0.588. The molecular formula is C12H26N2. The summed E-state index contributed by atoms with van der Waals surface area (Å²) in [7, 11) is 0. The van der Waals surface area contributed by atoms with Crippen molar-refractivity contribution < 1.29 is 0 Å². The molecule has 2 nitrogen and oxygen atoms in total. The molecule has 0 bridgehead atoms. The smallest absolute Gasteiger partial charge is 0.00769 e. The van der Waals surface area contributed by atoms with Gasteiger partial charge in [0.05, 0.1) is 0 Å². The van der Waals surface area contributed by atoms with Crippen molar-refractivity contribution in [2.45, 2.75) is 46.0 Å². The molecule has 0 heterocycles. The number of hydrogen-bond donors (Lipinski definition) is 2. The molecule has 1 aliphatic carbocycles. The van der Waals surface area contributed by atoms with Crippen molar-refractivity contribution in [2.75, 3.05) is 26.2 Å². The Bertz CT molecular complexity index is 139. The third kappa shape index (κ3) is 4.43. The van der Waals surface area contributed by atoms with E-state index in [2.05, 4.69) is 24.5 Å². The van der Waals surface area contributed by atoms with Crippen LogP contribution < -0.4 is 10.6 Å². The van der Waals surface area contributed by atoms with E-state index >= 15 is 0 Å². The van der Waals surface area contributed by atoms with Crippen molar-refractivity contribution in [3.8, 4) is 0 Å². The van der Waals surface area contributed by atoms with Crippen LogP contribution in [0.15, 0.2) is 0 Å². The first-order valence-electron chi connectivity index (χ1n) is 6.18. The summed E-state index contributed by atoms with van der Waals surface area (Å²) < 4.78 is 0. The van der Waals surface area contributed by atoms with Gasteiger partial charge in [-0.25, -0.2) is 0 Å². The van der Waals surface area contributed by atoms with E-state index in [1.807, 2.05) is 0 Å². The van der Waals surface area contributed by atoms with E-state index in [-0.39, 0.29) is 0 Å². The quantitative estimate of drug-likeness (QED) is 0.639. The Morgan fingerprint density at radius 1 is 1.00 bits per heavy atom. The molecule has 0 aromatic carbocycles. The van der Waals surface area contributed by atoms with Gasteiger partial charge in [-0.3, -0.25) is 0 Å². The fourth-order valence-electron chi connectivity index (χ4n) is 2.33. The van der Waals surface area contributed by atoms with Gasteiger partial charge in [0.15, 0.2) is 0 Å². The summed E-state index contributed by atoms with van der Waals surface area (Å²) >= 11 is 0. The zero-order chi connectivity index (χ0) is 10.3. The Balaban J connectivity index is 2.03. The van der Waals surface area contributed by atoms with Crippen LogP contribution in [0.5, 0.6) is 0 Å². The van der Waals surface area contributed by atoms with Crippen LogP contribution in [-0.4, -0.2) is 26.2 Å². The van der Waals surface area contributed by atoms with Crippen LogP contribution in [0, 0.1) is 5.41 Å². The first-order chi connectivity index (χ1) is 6.77. The fraction of sp³-hybridized carbons (Fsp3) is 1.00. The van der Waals surface area contributed by atoms with Crippen LogP contribution in [0.3, 0.4) is 0 Å². The molecule has 0 saturated heterocycles. The molecule has 0 aromatic heterocycles. The molecule has 1 fully saturated rings. The Kier molecular flexibility index (Phi) is 5.49. The van der Waals surface area contributed by atoms with Gasteiger partial charge in [-0.15, -0.1) is 0 Å². The minimum atomic E-state index is 0.588. The second-order valence-electron chi connectivity index (χ2n) is 4.90. The lowest BCUT2D eigenvalue weighted by Crippen LogP contribution is -2.36. The maximum absolute atomic E-state index is 3.57. The molecule has 2 heteroatoms. The Morgan fingerprint density at radius 2 is 1.64 bits per heavy atom. The highest BCUT2D eigenvalue weighted by molar-refractivity contribution is 4.80. The van der Waals surface area contributed by atoms with Gasteiger partial charge in [-0.05, 0) is 24.8 Å². The van der Waals surface area contributed by atoms with E-state index in [4.69, 9.17) is 0 Å². The molecule has 0 atom stereocenters. The van der Waals surface area contributed by atoms with Crippen molar-refractivity contribution >= 4 is 0 Å². The summed E-state index contributed by atoms with van der Waals surface area (Å²) in [6.07, 6.45) is 7.16. The van der Waals surface area contributed by atoms with Crippen molar-refractivity contribution in [1.29, 1.82) is 0 Å². The Morgan fingerprint density at radius 3 is 2.29 bits per heavy atom. The highest BCUT2D eigenvalue weighted by atomic mass is 14.9. The standard InChI is InChI=1S/C12H26N2/c1-3-13-9-10-14-11-12(2)7-5-4-6-8-12/h13-14H,3-11H2,1-2H3. The van der Waals surface area contributed by atoms with Crippen LogP contribution in [0.2, 0.25) is 0 Å². The molecule has 2 N–H and O–H groups in total. The predicted octanol–water partition coefficient (Wildman–Crippen LogP) is 2.16. The van der Waals surface area contributed by atoms with Crippen molar-refractivity contribution in [1.82, 2.24) is 10.6 Å². The van der Waals surface area contributed by atoms with Gasteiger partial charge in [0.2, 0.25) is 0 Å². The van der Waals surface area contributed by atoms with Crippen molar-refractivity contribution in [2.24, 2.45) is 5.41 Å². The molecule has 1 aliphatic rings. The van der Waals surface area contributed by atoms with Gasteiger partial charge in [-0.1, -0.05) is 33.1 Å². The average molecular weight is 198 g/mol. The zero-order valence-corrected chi connectivity index (χ0v) is 9.86. The highest BCUT2D eigenvalue weighted by Crippen LogP contribution is 2.34. The molecule has 0 aromatic rings. The lowest BCUT2D eigenvalue weighted by atomic mass is 9.76. The van der Waals surface area contributed by atoms with Crippen molar-refractivity contribution in [3.05, 3.63) is 0 Å². The van der Waals surface area contributed by atoms with E-state index in [9.17, 15) is 0 Å². The van der Waals surface area contributed by atoms with E-state index in [1.54, 1.807) is 0 Å². The number of likely N-dealkylation sites (N-methyl/N-ethyl adjacent to an activating group) is 1. The van der Waals surface area contributed by atoms with Crippen LogP contribution in [0.25, 0.3) is 0 Å². The highest BCUT2D eigenvalue weighted by Gasteiger charge is 2.25. The van der Waals surface area contributed by atoms with Crippen LogP contribution in [-0.2, 0) is 0 Å². The van der Waals surface area contributed by atoms with E-state index in [0.717, 1.165) is 19.6 Å². The van der Waals surface area contributed by atoms with E-state index < -0.39 is 0 Å². The molecule has 0 spiro atoms. The van der Waals surface area contributed by atoms with E-state index in [0.29, 0.717) is 5.41 Å². The average Bonchev–Trinajstić information content (AvgIpc) is 2.18. The topological polar surface area (TPSA) is 24.1 Å². The molecule has 0 aliphatic heterocycles.